The molecule has 3 nitrogen and oxygen atoms in total. The molecule has 0 saturated carbocycles. The molecule has 0 spiro atoms. The van der Waals surface area contributed by atoms with Crippen LogP contribution in [0.3, 0.4) is 0 Å². The van der Waals surface area contributed by atoms with Crippen molar-refractivity contribution in [2.45, 2.75) is 38.4 Å². The van der Waals surface area contributed by atoms with E-state index in [0.717, 1.165) is 24.3 Å². The van der Waals surface area contributed by atoms with Crippen LogP contribution in [-0.4, -0.2) is 24.2 Å². The predicted molar refractivity (Wildman–Crippen MR) is 109 cm³/mol. The Hall–Kier alpha value is -2.07. The molecule has 1 aliphatic heterocycles. The van der Waals surface area contributed by atoms with Gasteiger partial charge in [-0.2, -0.15) is 0 Å². The quantitative estimate of drug-likeness (QED) is 0.313. The summed E-state index contributed by atoms with van der Waals surface area (Å²) in [5, 5.41) is 3.65. The Morgan fingerprint density at radius 1 is 1.00 bits per heavy atom. The molecule has 0 radical (unpaired) electrons. The summed E-state index contributed by atoms with van der Waals surface area (Å²) in [6.07, 6.45) is 20.1. The highest BCUT2D eigenvalue weighted by atomic mass is 15.2. The average Bonchev–Trinajstić information content (AvgIpc) is 2.73. The van der Waals surface area contributed by atoms with E-state index < -0.39 is 0 Å². The summed E-state index contributed by atoms with van der Waals surface area (Å²) in [7, 11) is 0. The molecule has 1 aliphatic rings. The molecule has 0 bridgehead atoms. The second-order valence-electron chi connectivity index (χ2n) is 5.70. The molecule has 0 aromatic heterocycles. The van der Waals surface area contributed by atoms with Gasteiger partial charge in [-0.15, -0.1) is 0 Å². The van der Waals surface area contributed by atoms with Crippen LogP contribution in [0.15, 0.2) is 79.7 Å². The number of nitrogens with one attached hydrogen (secondary N) is 1. The van der Waals surface area contributed by atoms with Gasteiger partial charge in [0.2, 0.25) is 0 Å². The van der Waals surface area contributed by atoms with Crippen LogP contribution in [0.1, 0.15) is 32.1 Å². The van der Waals surface area contributed by atoms with E-state index in [2.05, 4.69) is 41.3 Å². The first-order valence-corrected chi connectivity index (χ1v) is 8.73. The maximum absolute atomic E-state index is 4.51. The lowest BCUT2D eigenvalue weighted by atomic mass is 9.68. The molecule has 0 aromatic carbocycles. The van der Waals surface area contributed by atoms with Gasteiger partial charge in [-0.25, -0.2) is 4.99 Å². The van der Waals surface area contributed by atoms with Crippen molar-refractivity contribution in [1.82, 2.24) is 10.0 Å². The van der Waals surface area contributed by atoms with Gasteiger partial charge in [-0.3, -0.25) is 0 Å². The molecule has 1 N–H and O–H groups in total. The third-order valence-electron chi connectivity index (χ3n) is 3.99. The number of allylic oxidation sites excluding steroid dienone is 4. The van der Waals surface area contributed by atoms with E-state index in [1.54, 1.807) is 18.4 Å². The van der Waals surface area contributed by atoms with Crippen LogP contribution in [0.2, 0.25) is 6.32 Å². The number of hydrogen-bond donors (Lipinski definition) is 1. The second-order valence-corrected chi connectivity index (χ2v) is 5.70. The van der Waals surface area contributed by atoms with Gasteiger partial charge in [0, 0.05) is 11.8 Å². The van der Waals surface area contributed by atoms with Gasteiger partial charge < -0.3 is 10.0 Å². The molecule has 1 saturated heterocycles. The van der Waals surface area contributed by atoms with Crippen molar-refractivity contribution in [2.24, 2.45) is 4.99 Å². The minimum Gasteiger partial charge on any atom is -0.362 e. The van der Waals surface area contributed by atoms with Crippen molar-refractivity contribution in [1.29, 1.82) is 0 Å². The largest absolute Gasteiger partial charge is 0.362 e. The highest BCUT2D eigenvalue weighted by Gasteiger charge is 2.25. The third-order valence-corrected chi connectivity index (χ3v) is 3.99. The van der Waals surface area contributed by atoms with Crippen molar-refractivity contribution in [3.63, 3.8) is 0 Å². The molecule has 0 unspecified atom stereocenters. The highest BCUT2D eigenvalue weighted by molar-refractivity contribution is 6.57. The monoisotopic (exact) mass is 323 g/mol. The van der Waals surface area contributed by atoms with E-state index in [1.165, 1.54) is 32.1 Å². The molecule has 0 amide bonds. The molecule has 24 heavy (non-hydrogen) atoms. The van der Waals surface area contributed by atoms with Gasteiger partial charge >= 0.3 is 6.98 Å². The Morgan fingerprint density at radius 3 is 2.42 bits per heavy atom. The zero-order chi connectivity index (χ0) is 17.6. The van der Waals surface area contributed by atoms with Crippen LogP contribution < -0.4 is 5.23 Å². The number of nitrogens with zero attached hydrogens (tertiary/aromatic N) is 2. The molecule has 1 fully saturated rings. The van der Waals surface area contributed by atoms with Gasteiger partial charge in [0.05, 0.1) is 0 Å². The summed E-state index contributed by atoms with van der Waals surface area (Å²) in [6.45, 7) is 16.5. The first-order chi connectivity index (χ1) is 11.8. The zero-order valence-electron chi connectivity index (χ0n) is 14.8. The Morgan fingerprint density at radius 2 is 1.75 bits per heavy atom. The summed E-state index contributed by atoms with van der Waals surface area (Å²) in [6, 6.07) is 0. The van der Waals surface area contributed by atoms with E-state index in [0.29, 0.717) is 0 Å². The van der Waals surface area contributed by atoms with Crippen molar-refractivity contribution < 1.29 is 0 Å². The Bertz CT molecular complexity index is 507. The fraction of sp³-hybridized carbons (Fsp3) is 0.350. The van der Waals surface area contributed by atoms with Crippen LogP contribution in [0.4, 0.5) is 0 Å². The van der Waals surface area contributed by atoms with E-state index in [-0.39, 0.29) is 6.98 Å². The van der Waals surface area contributed by atoms with Gasteiger partial charge in [-0.1, -0.05) is 82.4 Å². The first-order valence-electron chi connectivity index (χ1n) is 8.73. The summed E-state index contributed by atoms with van der Waals surface area (Å²) in [5.74, 6) is 0.815. The van der Waals surface area contributed by atoms with Crippen molar-refractivity contribution in [3.8, 4) is 0 Å². The molecule has 1 heterocycles. The number of rotatable bonds is 7. The smallest absolute Gasteiger partial charge is 0.345 e. The standard InChI is InChI=1S/C20H30BN3/c1-5-9-16-19(15-6-2)20(22-7-3)24(8-4)21-17-13-11-10-12-14-18-23-21/h5-9,15-16,23H,1-4,10-14,17-18H2/b16-9-,19-15+,22-20?. The maximum Gasteiger partial charge on any atom is 0.345 e. The van der Waals surface area contributed by atoms with Crippen molar-refractivity contribution in [2.75, 3.05) is 6.54 Å². The molecule has 1 rings (SSSR count). The molecule has 4 heteroatoms. The lowest BCUT2D eigenvalue weighted by Crippen LogP contribution is -2.50. The summed E-state index contributed by atoms with van der Waals surface area (Å²) >= 11 is 0. The Balaban J connectivity index is 3.13. The SMILES string of the molecule is C=C/C=C\C(=C/C=C)C(=NC=C)N(C=C)B1CCCCCCCN1. The van der Waals surface area contributed by atoms with Crippen LogP contribution in [0.25, 0.3) is 0 Å². The number of hydrogen-bond acceptors (Lipinski definition) is 2. The van der Waals surface area contributed by atoms with Crippen molar-refractivity contribution in [3.05, 3.63) is 74.7 Å². The number of aliphatic imine (C=N–C) groups is 1. The zero-order valence-corrected chi connectivity index (χ0v) is 14.8. The lowest BCUT2D eigenvalue weighted by molar-refractivity contribution is 0.640. The topological polar surface area (TPSA) is 27.6 Å². The normalized spacial score (nSPS) is 17.6. The van der Waals surface area contributed by atoms with E-state index in [1.807, 2.05) is 24.4 Å². The van der Waals surface area contributed by atoms with Gasteiger partial charge in [0.15, 0.2) is 0 Å². The molecule has 0 aromatic rings. The van der Waals surface area contributed by atoms with E-state index >= 15 is 0 Å². The molecule has 0 atom stereocenters. The maximum atomic E-state index is 4.51. The molecular weight excluding hydrogens is 293 g/mol. The summed E-state index contributed by atoms with van der Waals surface area (Å²) in [4.78, 5) is 6.62. The van der Waals surface area contributed by atoms with Gasteiger partial charge in [-0.05, 0) is 25.5 Å². The first kappa shape index (κ1) is 20.0. The third kappa shape index (κ3) is 6.59. The van der Waals surface area contributed by atoms with Gasteiger partial charge in [0.25, 0.3) is 0 Å². The van der Waals surface area contributed by atoms with Crippen LogP contribution >= 0.6 is 0 Å². The van der Waals surface area contributed by atoms with Crippen molar-refractivity contribution >= 4 is 12.8 Å². The minimum atomic E-state index is 0.185. The Kier molecular flexibility index (Phi) is 10.3. The predicted octanol–water partition coefficient (Wildman–Crippen LogP) is 4.87. The fourth-order valence-electron chi connectivity index (χ4n) is 2.84. The lowest BCUT2D eigenvalue weighted by Gasteiger charge is -2.29. The summed E-state index contributed by atoms with van der Waals surface area (Å²) in [5.41, 5.74) is 0.950. The molecular formula is C20H30BN3. The summed E-state index contributed by atoms with van der Waals surface area (Å²) < 4.78 is 0. The van der Waals surface area contributed by atoms with E-state index in [9.17, 15) is 0 Å². The fourth-order valence-corrected chi connectivity index (χ4v) is 2.84. The van der Waals surface area contributed by atoms with Crippen LogP contribution in [0, 0.1) is 0 Å². The van der Waals surface area contributed by atoms with Crippen LogP contribution in [0.5, 0.6) is 0 Å². The second kappa shape index (κ2) is 12.4. The number of amidine groups is 1. The Labute approximate surface area is 148 Å². The highest BCUT2D eigenvalue weighted by Crippen LogP contribution is 2.16. The molecule has 128 valence electrons. The molecule has 0 aliphatic carbocycles. The van der Waals surface area contributed by atoms with E-state index in [4.69, 9.17) is 0 Å². The minimum absolute atomic E-state index is 0.185. The van der Waals surface area contributed by atoms with Gasteiger partial charge in [0.1, 0.15) is 5.84 Å². The average molecular weight is 323 g/mol. The van der Waals surface area contributed by atoms with Crippen LogP contribution in [-0.2, 0) is 0 Å².